The van der Waals surface area contributed by atoms with E-state index in [1.54, 1.807) is 18.2 Å². The number of aromatic nitrogens is 4. The first kappa shape index (κ1) is 22.2. The molecule has 1 amide bonds. The summed E-state index contributed by atoms with van der Waals surface area (Å²) in [5, 5.41) is 19.9. The molecule has 0 radical (unpaired) electrons. The summed E-state index contributed by atoms with van der Waals surface area (Å²) in [6.07, 6.45) is 10.4. The second kappa shape index (κ2) is 8.27. The van der Waals surface area contributed by atoms with E-state index in [-0.39, 0.29) is 29.8 Å². The summed E-state index contributed by atoms with van der Waals surface area (Å²) in [6.45, 7) is 1.23. The number of carbonyl (C=O) groups excluding carboxylic acids is 1. The molecular weight excluding hydrogens is 460 g/mol. The number of piperidine rings is 1. The summed E-state index contributed by atoms with van der Waals surface area (Å²) in [5.74, 6) is 1.63. The van der Waals surface area contributed by atoms with Crippen molar-refractivity contribution in [3.63, 3.8) is 0 Å². The number of fused-ring (bicyclic) bond motifs is 1. The fraction of sp³-hybridized carbons (Fsp3) is 0.615. The maximum Gasteiger partial charge on any atom is 0.295 e. The van der Waals surface area contributed by atoms with Crippen molar-refractivity contribution in [3.05, 3.63) is 24.3 Å². The highest BCUT2D eigenvalue weighted by Crippen LogP contribution is 2.56. The van der Waals surface area contributed by atoms with Gasteiger partial charge in [-0.15, -0.1) is 0 Å². The highest BCUT2D eigenvalue weighted by atomic mass is 16.5. The second-order valence-corrected chi connectivity index (χ2v) is 11.3. The average Bonchev–Trinajstić information content (AvgIpc) is 3.55. The molecule has 0 spiro atoms. The van der Waals surface area contributed by atoms with Crippen LogP contribution in [0.25, 0.3) is 22.5 Å². The predicted molar refractivity (Wildman–Crippen MR) is 131 cm³/mol. The van der Waals surface area contributed by atoms with Crippen LogP contribution < -0.4 is 5.32 Å². The number of ether oxygens (including phenoxy) is 1. The number of methoxy groups -OCH3 is 1. The fourth-order valence-electron chi connectivity index (χ4n) is 7.57. The number of anilines is 1. The minimum absolute atomic E-state index is 0.0674. The average molecular weight is 493 g/mol. The van der Waals surface area contributed by atoms with E-state index >= 15 is 0 Å². The van der Waals surface area contributed by atoms with E-state index in [1.165, 1.54) is 0 Å². The van der Waals surface area contributed by atoms with Crippen molar-refractivity contribution in [2.45, 2.75) is 62.7 Å². The van der Waals surface area contributed by atoms with E-state index in [0.717, 1.165) is 61.7 Å². The first-order chi connectivity index (χ1) is 17.5. The normalized spacial score (nSPS) is 31.9. The number of rotatable bonds is 5. The maximum absolute atomic E-state index is 13.0. The Morgan fingerprint density at radius 3 is 2.75 bits per heavy atom. The summed E-state index contributed by atoms with van der Waals surface area (Å²) in [6, 6.07) is 2.27. The third-order valence-electron chi connectivity index (χ3n) is 9.05. The lowest BCUT2D eigenvalue weighted by Gasteiger charge is -2.58. The highest BCUT2D eigenvalue weighted by Gasteiger charge is 2.54. The predicted octanol–water partition coefficient (Wildman–Crippen LogP) is 3.22. The second-order valence-electron chi connectivity index (χ2n) is 11.3. The van der Waals surface area contributed by atoms with Crippen molar-refractivity contribution in [2.75, 3.05) is 25.5 Å². The first-order valence-electron chi connectivity index (χ1n) is 13.1. The molecule has 3 aromatic rings. The summed E-state index contributed by atoms with van der Waals surface area (Å²) < 4.78 is 11.0. The van der Waals surface area contributed by atoms with Gasteiger partial charge in [0.25, 0.3) is 17.6 Å². The van der Waals surface area contributed by atoms with Gasteiger partial charge in [0.05, 0.1) is 23.0 Å². The van der Waals surface area contributed by atoms with Gasteiger partial charge in [-0.1, -0.05) is 5.16 Å². The molecule has 3 unspecified atom stereocenters. The fourth-order valence-corrected chi connectivity index (χ4v) is 7.57. The Balaban J connectivity index is 1.19. The third-order valence-corrected chi connectivity index (χ3v) is 9.05. The molecule has 5 aliphatic rings. The number of hydrogen-bond acceptors (Lipinski definition) is 8. The van der Waals surface area contributed by atoms with Gasteiger partial charge in [0, 0.05) is 44.0 Å². The van der Waals surface area contributed by atoms with Gasteiger partial charge in [0.2, 0.25) is 0 Å². The van der Waals surface area contributed by atoms with Crippen LogP contribution in [0.2, 0.25) is 0 Å². The summed E-state index contributed by atoms with van der Waals surface area (Å²) in [4.78, 5) is 27.1. The first-order valence-corrected chi connectivity index (χ1v) is 13.1. The lowest BCUT2D eigenvalue weighted by Crippen LogP contribution is -2.59. The number of carbonyl (C=O) groups is 1. The van der Waals surface area contributed by atoms with Gasteiger partial charge in [-0.3, -0.25) is 4.79 Å². The third kappa shape index (κ3) is 3.61. The van der Waals surface area contributed by atoms with Crippen molar-refractivity contribution in [2.24, 2.45) is 17.8 Å². The van der Waals surface area contributed by atoms with Gasteiger partial charge in [-0.25, -0.2) is 4.98 Å². The summed E-state index contributed by atoms with van der Waals surface area (Å²) in [7, 11) is 1.71. The van der Waals surface area contributed by atoms with E-state index in [1.807, 2.05) is 12.3 Å². The molecule has 5 atom stereocenters. The van der Waals surface area contributed by atoms with E-state index in [2.05, 4.69) is 25.4 Å². The zero-order chi connectivity index (χ0) is 24.4. The van der Waals surface area contributed by atoms with Crippen LogP contribution in [-0.2, 0) is 4.74 Å². The molecule has 3 aromatic heterocycles. The van der Waals surface area contributed by atoms with Crippen LogP contribution in [0.15, 0.2) is 23.0 Å². The zero-order valence-electron chi connectivity index (χ0n) is 20.4. The number of hydrogen-bond donors (Lipinski definition) is 3. The van der Waals surface area contributed by atoms with Crippen LogP contribution in [0.4, 0.5) is 5.69 Å². The van der Waals surface area contributed by atoms with Gasteiger partial charge >= 0.3 is 0 Å². The molecule has 1 saturated heterocycles. The van der Waals surface area contributed by atoms with Crippen LogP contribution >= 0.6 is 0 Å². The van der Waals surface area contributed by atoms with E-state index in [9.17, 15) is 9.90 Å². The molecule has 190 valence electrons. The molecule has 8 rings (SSSR count). The zero-order valence-corrected chi connectivity index (χ0v) is 20.4. The van der Waals surface area contributed by atoms with Gasteiger partial charge in [0.1, 0.15) is 5.65 Å². The monoisotopic (exact) mass is 492 g/mol. The van der Waals surface area contributed by atoms with Crippen molar-refractivity contribution in [1.29, 1.82) is 0 Å². The molecule has 3 N–H and O–H groups in total. The molecule has 36 heavy (non-hydrogen) atoms. The number of aromatic amines is 1. The SMILES string of the molecule is COC1CCN(C(=O)c2noc(-c3cnc4[nH]ccc4c3NC3[C@@H]4CC5C[C@H]3CC(O)(C5)C4)n2)CC1. The minimum atomic E-state index is -0.487. The Morgan fingerprint density at radius 1 is 1.25 bits per heavy atom. The molecule has 4 heterocycles. The molecular formula is C26H32N6O4. The summed E-state index contributed by atoms with van der Waals surface area (Å²) in [5.41, 5.74) is 1.88. The number of nitrogens with zero attached hydrogens (tertiary/aromatic N) is 4. The van der Waals surface area contributed by atoms with Crippen LogP contribution in [0.5, 0.6) is 0 Å². The van der Waals surface area contributed by atoms with Gasteiger partial charge in [0.15, 0.2) is 0 Å². The topological polar surface area (TPSA) is 129 Å². The smallest absolute Gasteiger partial charge is 0.295 e. The van der Waals surface area contributed by atoms with Crippen molar-refractivity contribution >= 4 is 22.6 Å². The molecule has 0 aromatic carbocycles. The number of pyridine rings is 1. The maximum atomic E-state index is 13.0. The van der Waals surface area contributed by atoms with Crippen LogP contribution in [-0.4, -0.2) is 74.0 Å². The quantitative estimate of drug-likeness (QED) is 0.495. The Morgan fingerprint density at radius 2 is 2.03 bits per heavy atom. The Kier molecular flexibility index (Phi) is 5.11. The molecule has 1 aliphatic heterocycles. The standard InChI is InChI=1S/C26H32N6O4/c1-35-17-3-6-32(7-4-17)25(33)23-30-24(36-31-23)19-13-28-22-18(2-5-27-22)21(19)29-20-15-8-14-9-16(20)12-26(34,10-14)11-15/h2,5,13-17,20,34H,3-4,6-12H2,1H3,(H2,27,28,29)/t14?,15-,16+,20?,26?. The number of likely N-dealkylation sites (tertiary alicyclic amines) is 1. The highest BCUT2D eigenvalue weighted by molar-refractivity contribution is 5.97. The summed E-state index contributed by atoms with van der Waals surface area (Å²) >= 11 is 0. The minimum Gasteiger partial charge on any atom is -0.390 e. The molecule has 4 aliphatic carbocycles. The van der Waals surface area contributed by atoms with E-state index in [4.69, 9.17) is 9.26 Å². The number of aliphatic hydroxyl groups is 1. The van der Waals surface area contributed by atoms with Gasteiger partial charge in [-0.05, 0) is 68.8 Å². The van der Waals surface area contributed by atoms with Crippen molar-refractivity contribution < 1.29 is 19.2 Å². The Labute approximate surface area is 208 Å². The van der Waals surface area contributed by atoms with Crippen molar-refractivity contribution in [3.8, 4) is 11.5 Å². The Bertz CT molecular complexity index is 1280. The van der Waals surface area contributed by atoms with Gasteiger partial charge in [-0.2, -0.15) is 4.98 Å². The van der Waals surface area contributed by atoms with Crippen LogP contribution in [0, 0.1) is 17.8 Å². The van der Waals surface area contributed by atoms with Crippen LogP contribution in [0.1, 0.15) is 55.6 Å². The Hall–Kier alpha value is -2.98. The van der Waals surface area contributed by atoms with E-state index < -0.39 is 5.60 Å². The molecule has 10 nitrogen and oxygen atoms in total. The molecule has 4 saturated carbocycles. The largest absolute Gasteiger partial charge is 0.390 e. The number of H-pyrrole nitrogens is 1. The molecule has 10 heteroatoms. The number of amides is 1. The number of nitrogens with one attached hydrogen (secondary N) is 2. The van der Waals surface area contributed by atoms with Crippen LogP contribution in [0.3, 0.4) is 0 Å². The molecule has 4 bridgehead atoms. The van der Waals surface area contributed by atoms with Crippen molar-refractivity contribution in [1.82, 2.24) is 25.0 Å². The lowest BCUT2D eigenvalue weighted by atomic mass is 9.52. The molecule has 5 fully saturated rings. The lowest BCUT2D eigenvalue weighted by molar-refractivity contribution is -0.129. The van der Waals surface area contributed by atoms with E-state index in [0.29, 0.717) is 36.4 Å². The van der Waals surface area contributed by atoms with Gasteiger partial charge < -0.3 is 29.6 Å².